The zero-order valence-electron chi connectivity index (χ0n) is 20.3. The second kappa shape index (κ2) is 13.7. The topological polar surface area (TPSA) is 273 Å². The van der Waals surface area contributed by atoms with E-state index in [9.17, 15) is 28.8 Å². The lowest BCUT2D eigenvalue weighted by molar-refractivity contribution is -0.143. The van der Waals surface area contributed by atoms with Crippen LogP contribution in [0.5, 0.6) is 0 Å². The van der Waals surface area contributed by atoms with E-state index < -0.39 is 72.7 Å². The number of aliphatic hydroxyl groups is 1. The summed E-state index contributed by atoms with van der Waals surface area (Å²) in [5, 5.41) is 25.7. The third kappa shape index (κ3) is 8.56. The number of hydrogen-bond donors (Lipinski definition) is 9. The summed E-state index contributed by atoms with van der Waals surface area (Å²) in [6.07, 6.45) is 0.460. The molecule has 0 spiro atoms. The van der Waals surface area contributed by atoms with Gasteiger partial charge in [-0.1, -0.05) is 18.2 Å². The van der Waals surface area contributed by atoms with E-state index in [0.717, 1.165) is 16.5 Å². The monoisotopic (exact) mass is 533 g/mol. The van der Waals surface area contributed by atoms with Gasteiger partial charge in [0.05, 0.1) is 19.1 Å². The summed E-state index contributed by atoms with van der Waals surface area (Å²) in [7, 11) is 0. The van der Waals surface area contributed by atoms with Gasteiger partial charge in [0.1, 0.15) is 18.1 Å². The molecule has 15 nitrogen and oxygen atoms in total. The van der Waals surface area contributed by atoms with Gasteiger partial charge in [-0.3, -0.25) is 24.0 Å². The van der Waals surface area contributed by atoms with Gasteiger partial charge in [0.2, 0.25) is 29.5 Å². The predicted octanol–water partition coefficient (Wildman–Crippen LogP) is -3.29. The highest BCUT2D eigenvalue weighted by atomic mass is 16.4. The number of nitrogens with one attached hydrogen (secondary N) is 4. The number of carboxylic acids is 1. The molecule has 38 heavy (non-hydrogen) atoms. The number of carbonyl (C=O) groups is 6. The van der Waals surface area contributed by atoms with Gasteiger partial charge in [0.25, 0.3) is 0 Å². The average Bonchev–Trinajstić information content (AvgIpc) is 3.26. The molecule has 0 bridgehead atoms. The third-order valence-corrected chi connectivity index (χ3v) is 5.60. The van der Waals surface area contributed by atoms with E-state index in [1.165, 1.54) is 0 Å². The first-order valence-corrected chi connectivity index (χ1v) is 11.5. The van der Waals surface area contributed by atoms with Gasteiger partial charge >= 0.3 is 5.97 Å². The zero-order chi connectivity index (χ0) is 28.4. The quantitative estimate of drug-likeness (QED) is 0.111. The number of hydrogen-bond acceptors (Lipinski definition) is 8. The normalized spacial score (nSPS) is 14.1. The number of rotatable bonds is 15. The molecule has 5 amide bonds. The van der Waals surface area contributed by atoms with Crippen LogP contribution in [0.15, 0.2) is 30.5 Å². The standard InChI is InChI=1S/C23H31N7O8/c24-13(7-11-9-27-14-4-2-1-3-12(11)14)20(34)29-16(8-19(26)33)22(36)28-15(5-6-18(25)32)21(35)30-17(10-31)23(37)38/h1-4,9,13,15-17,27,31H,5-8,10,24H2,(H2,25,32)(H2,26,33)(H,28,36)(H,29,34)(H,30,35)(H,37,38). The molecule has 2 rings (SSSR count). The van der Waals surface area contributed by atoms with Gasteiger partial charge in [0.15, 0.2) is 0 Å². The van der Waals surface area contributed by atoms with Crippen molar-refractivity contribution in [3.63, 3.8) is 0 Å². The molecule has 4 unspecified atom stereocenters. The van der Waals surface area contributed by atoms with Crippen molar-refractivity contribution in [1.82, 2.24) is 20.9 Å². The number of aromatic amines is 1. The number of aliphatic carboxylic acids is 1. The maximum Gasteiger partial charge on any atom is 0.328 e. The van der Waals surface area contributed by atoms with Crippen molar-refractivity contribution in [2.45, 2.75) is 49.9 Å². The SMILES string of the molecule is NC(=O)CCC(NC(=O)C(CC(N)=O)NC(=O)C(N)Cc1c[nH]c2ccccc12)C(=O)NC(CO)C(=O)O. The number of nitrogens with two attached hydrogens (primary N) is 3. The van der Waals surface area contributed by atoms with Crippen LogP contribution in [0.4, 0.5) is 0 Å². The minimum Gasteiger partial charge on any atom is -0.480 e. The highest BCUT2D eigenvalue weighted by molar-refractivity contribution is 5.96. The Morgan fingerprint density at radius 1 is 0.868 bits per heavy atom. The van der Waals surface area contributed by atoms with Crippen LogP contribution in [-0.4, -0.2) is 81.5 Å². The first-order chi connectivity index (χ1) is 17.9. The zero-order valence-corrected chi connectivity index (χ0v) is 20.3. The lowest BCUT2D eigenvalue weighted by Gasteiger charge is -2.24. The summed E-state index contributed by atoms with van der Waals surface area (Å²) in [6, 6.07) is 1.53. The summed E-state index contributed by atoms with van der Waals surface area (Å²) >= 11 is 0. The van der Waals surface area contributed by atoms with Crippen molar-refractivity contribution in [1.29, 1.82) is 0 Å². The van der Waals surface area contributed by atoms with Crippen LogP contribution in [0.25, 0.3) is 10.9 Å². The van der Waals surface area contributed by atoms with Crippen LogP contribution in [0.3, 0.4) is 0 Å². The number of aromatic nitrogens is 1. The molecule has 0 aliphatic rings. The number of amides is 5. The molecule has 1 aromatic heterocycles. The first kappa shape index (κ1) is 29.7. The van der Waals surface area contributed by atoms with E-state index in [0.29, 0.717) is 0 Å². The molecule has 0 saturated heterocycles. The number of para-hydroxylation sites is 1. The number of fused-ring (bicyclic) bond motifs is 1. The van der Waals surface area contributed by atoms with E-state index in [-0.39, 0.29) is 19.3 Å². The summed E-state index contributed by atoms with van der Waals surface area (Å²) in [4.78, 5) is 75.3. The van der Waals surface area contributed by atoms with E-state index in [1.54, 1.807) is 6.20 Å². The molecule has 0 saturated carbocycles. The largest absolute Gasteiger partial charge is 0.480 e. The lowest BCUT2D eigenvalue weighted by Crippen LogP contribution is -2.58. The van der Waals surface area contributed by atoms with Crippen LogP contribution in [-0.2, 0) is 35.2 Å². The number of benzene rings is 1. The number of H-pyrrole nitrogens is 1. The highest BCUT2D eigenvalue weighted by Gasteiger charge is 2.31. The van der Waals surface area contributed by atoms with Gasteiger partial charge in [-0.25, -0.2) is 4.79 Å². The van der Waals surface area contributed by atoms with Crippen molar-refractivity contribution in [2.75, 3.05) is 6.61 Å². The van der Waals surface area contributed by atoms with Crippen LogP contribution in [0, 0.1) is 0 Å². The minimum atomic E-state index is -1.68. The highest BCUT2D eigenvalue weighted by Crippen LogP contribution is 2.18. The van der Waals surface area contributed by atoms with Crippen molar-refractivity contribution in [2.24, 2.45) is 17.2 Å². The molecule has 12 N–H and O–H groups in total. The fraction of sp³-hybridized carbons (Fsp3) is 0.391. The van der Waals surface area contributed by atoms with E-state index >= 15 is 0 Å². The Hall–Kier alpha value is -4.50. The van der Waals surface area contributed by atoms with Gasteiger partial charge < -0.3 is 48.3 Å². The molecular weight excluding hydrogens is 502 g/mol. The Morgan fingerprint density at radius 3 is 2.08 bits per heavy atom. The van der Waals surface area contributed by atoms with Gasteiger partial charge in [-0.2, -0.15) is 0 Å². The maximum atomic E-state index is 12.9. The van der Waals surface area contributed by atoms with Crippen molar-refractivity contribution < 1.29 is 39.0 Å². The van der Waals surface area contributed by atoms with Crippen LogP contribution in [0.1, 0.15) is 24.8 Å². The molecule has 0 fully saturated rings. The van der Waals surface area contributed by atoms with Crippen molar-refractivity contribution in [3.8, 4) is 0 Å². The summed E-state index contributed by atoms with van der Waals surface area (Å²) in [5.41, 5.74) is 18.0. The Bertz CT molecular complexity index is 1200. The molecule has 0 aliphatic heterocycles. The van der Waals surface area contributed by atoms with Crippen LogP contribution < -0.4 is 33.2 Å². The number of primary amides is 2. The summed E-state index contributed by atoms with van der Waals surface area (Å²) in [6.45, 7) is -0.938. The third-order valence-electron chi connectivity index (χ3n) is 5.60. The number of carboxylic acid groups (broad SMARTS) is 1. The molecule has 1 heterocycles. The Kier molecular flexibility index (Phi) is 10.7. The van der Waals surface area contributed by atoms with Gasteiger partial charge in [0, 0.05) is 23.5 Å². The first-order valence-electron chi connectivity index (χ1n) is 11.5. The number of carbonyl (C=O) groups excluding carboxylic acids is 5. The summed E-state index contributed by atoms with van der Waals surface area (Å²) < 4.78 is 0. The molecule has 2 aromatic rings. The molecule has 0 radical (unpaired) electrons. The maximum absolute atomic E-state index is 12.9. The Labute approximate surface area is 216 Å². The van der Waals surface area contributed by atoms with Crippen molar-refractivity contribution in [3.05, 3.63) is 36.0 Å². The molecule has 4 atom stereocenters. The predicted molar refractivity (Wildman–Crippen MR) is 133 cm³/mol. The molecular formula is C23H31N7O8. The molecule has 15 heteroatoms. The van der Waals surface area contributed by atoms with Crippen molar-refractivity contribution >= 4 is 46.4 Å². The minimum absolute atomic E-state index is 0.0993. The van der Waals surface area contributed by atoms with E-state index in [4.69, 9.17) is 27.4 Å². The fourth-order valence-corrected chi connectivity index (χ4v) is 3.60. The molecule has 206 valence electrons. The average molecular weight is 534 g/mol. The lowest BCUT2D eigenvalue weighted by atomic mass is 10.0. The van der Waals surface area contributed by atoms with Crippen LogP contribution in [0.2, 0.25) is 0 Å². The van der Waals surface area contributed by atoms with E-state index in [2.05, 4.69) is 15.6 Å². The second-order valence-corrected chi connectivity index (χ2v) is 8.55. The van der Waals surface area contributed by atoms with Gasteiger partial charge in [-0.05, 0) is 24.5 Å². The summed E-state index contributed by atoms with van der Waals surface area (Å²) in [5.74, 6) is -6.12. The smallest absolute Gasteiger partial charge is 0.328 e. The second-order valence-electron chi connectivity index (χ2n) is 8.55. The molecule has 0 aliphatic carbocycles. The number of aliphatic hydroxyl groups excluding tert-OH is 1. The van der Waals surface area contributed by atoms with E-state index in [1.807, 2.05) is 29.6 Å². The van der Waals surface area contributed by atoms with Gasteiger partial charge in [-0.15, -0.1) is 0 Å². The Morgan fingerprint density at radius 2 is 1.47 bits per heavy atom. The van der Waals surface area contributed by atoms with Crippen LogP contribution >= 0.6 is 0 Å². The Balaban J connectivity index is 2.14. The fourth-order valence-electron chi connectivity index (χ4n) is 3.60. The molecule has 1 aromatic carbocycles.